The minimum Gasteiger partial charge on any atom is -0.396 e. The summed E-state index contributed by atoms with van der Waals surface area (Å²) in [6, 6.07) is 5.53. The topological polar surface area (TPSA) is 58.3 Å². The summed E-state index contributed by atoms with van der Waals surface area (Å²) < 4.78 is 1.97. The highest BCUT2D eigenvalue weighted by atomic mass is 35.5. The highest BCUT2D eigenvalue weighted by molar-refractivity contribution is 6.31. The molecular formula is C13H17ClN2O2. The van der Waals surface area contributed by atoms with Gasteiger partial charge in [-0.2, -0.15) is 0 Å². The van der Waals surface area contributed by atoms with Crippen LogP contribution in [0.4, 0.5) is 0 Å². The van der Waals surface area contributed by atoms with Crippen molar-refractivity contribution < 1.29 is 10.2 Å². The molecule has 1 heterocycles. The average molecular weight is 269 g/mol. The Morgan fingerprint density at radius 2 is 2.22 bits per heavy atom. The van der Waals surface area contributed by atoms with E-state index in [9.17, 15) is 5.11 Å². The van der Waals surface area contributed by atoms with Crippen molar-refractivity contribution >= 4 is 22.6 Å². The largest absolute Gasteiger partial charge is 0.396 e. The Balaban J connectivity index is 2.47. The first-order valence-corrected chi connectivity index (χ1v) is 6.43. The van der Waals surface area contributed by atoms with Crippen molar-refractivity contribution in [1.29, 1.82) is 0 Å². The lowest BCUT2D eigenvalue weighted by Crippen LogP contribution is -2.14. The highest BCUT2D eigenvalue weighted by Crippen LogP contribution is 2.21. The Hall–Kier alpha value is -1.10. The smallest absolute Gasteiger partial charge is 0.110 e. The average Bonchev–Trinajstić information content (AvgIpc) is 2.64. The monoisotopic (exact) mass is 268 g/mol. The lowest BCUT2D eigenvalue weighted by atomic mass is 10.3. The van der Waals surface area contributed by atoms with Gasteiger partial charge in [0.1, 0.15) is 5.82 Å². The van der Waals surface area contributed by atoms with E-state index < -0.39 is 6.10 Å². The second-order valence-electron chi connectivity index (χ2n) is 4.45. The van der Waals surface area contributed by atoms with Gasteiger partial charge in [-0.3, -0.25) is 0 Å². The summed E-state index contributed by atoms with van der Waals surface area (Å²) in [5.74, 6) is 0.877. The molecule has 4 nitrogen and oxygen atoms in total. The predicted molar refractivity (Wildman–Crippen MR) is 71.8 cm³/mol. The molecule has 0 aliphatic rings. The van der Waals surface area contributed by atoms with Gasteiger partial charge >= 0.3 is 0 Å². The van der Waals surface area contributed by atoms with Gasteiger partial charge in [0, 0.05) is 18.1 Å². The zero-order valence-electron chi connectivity index (χ0n) is 10.3. The first kappa shape index (κ1) is 13.3. The Bertz CT molecular complexity index is 537. The Kier molecular flexibility index (Phi) is 4.22. The van der Waals surface area contributed by atoms with Crippen LogP contribution in [0.25, 0.3) is 11.0 Å². The summed E-state index contributed by atoms with van der Waals surface area (Å²) in [4.78, 5) is 4.53. The molecule has 1 aromatic heterocycles. The number of imidazole rings is 1. The van der Waals surface area contributed by atoms with Crippen molar-refractivity contribution in [1.82, 2.24) is 9.55 Å². The number of benzene rings is 1. The fourth-order valence-electron chi connectivity index (χ4n) is 2.04. The number of halogens is 1. The molecule has 1 unspecified atom stereocenters. The van der Waals surface area contributed by atoms with Crippen LogP contribution in [-0.2, 0) is 13.0 Å². The Morgan fingerprint density at radius 3 is 2.89 bits per heavy atom. The first-order chi connectivity index (χ1) is 8.61. The van der Waals surface area contributed by atoms with Crippen molar-refractivity contribution in [3.63, 3.8) is 0 Å². The lowest BCUT2D eigenvalue weighted by molar-refractivity contribution is 0.173. The van der Waals surface area contributed by atoms with E-state index in [0.717, 1.165) is 16.9 Å². The van der Waals surface area contributed by atoms with Crippen LogP contribution < -0.4 is 0 Å². The summed E-state index contributed by atoms with van der Waals surface area (Å²) in [5, 5.41) is 19.1. The van der Waals surface area contributed by atoms with Gasteiger partial charge < -0.3 is 14.8 Å². The van der Waals surface area contributed by atoms with Crippen LogP contribution in [-0.4, -0.2) is 32.5 Å². The molecule has 0 spiro atoms. The number of hydrogen-bond acceptors (Lipinski definition) is 3. The van der Waals surface area contributed by atoms with E-state index in [-0.39, 0.29) is 6.61 Å². The number of nitrogens with zero attached hydrogens (tertiary/aromatic N) is 2. The summed E-state index contributed by atoms with van der Waals surface area (Å²) in [6.07, 6.45) is 0.904. The van der Waals surface area contributed by atoms with Gasteiger partial charge in [0.2, 0.25) is 0 Å². The molecule has 0 saturated heterocycles. The predicted octanol–water partition coefficient (Wildman–Crippen LogP) is 2.00. The SMILES string of the molecule is CC(O)Cn1c(CCCO)nc2ccc(Cl)cc21. The highest BCUT2D eigenvalue weighted by Gasteiger charge is 2.12. The summed E-state index contributed by atoms with van der Waals surface area (Å²) >= 11 is 6.00. The second-order valence-corrected chi connectivity index (χ2v) is 4.88. The molecule has 1 atom stereocenters. The molecule has 0 aliphatic heterocycles. The van der Waals surface area contributed by atoms with E-state index in [1.54, 1.807) is 13.0 Å². The number of aromatic nitrogens is 2. The molecule has 1 aromatic carbocycles. The van der Waals surface area contributed by atoms with Crippen molar-refractivity contribution in [2.24, 2.45) is 0 Å². The van der Waals surface area contributed by atoms with E-state index in [0.29, 0.717) is 24.4 Å². The molecule has 5 heteroatoms. The minimum absolute atomic E-state index is 0.138. The van der Waals surface area contributed by atoms with Crippen LogP contribution in [0.1, 0.15) is 19.2 Å². The van der Waals surface area contributed by atoms with Gasteiger partial charge in [-0.05, 0) is 31.5 Å². The van der Waals surface area contributed by atoms with Gasteiger partial charge in [-0.1, -0.05) is 11.6 Å². The van der Waals surface area contributed by atoms with Crippen LogP contribution in [0.3, 0.4) is 0 Å². The molecule has 18 heavy (non-hydrogen) atoms. The number of rotatable bonds is 5. The molecular weight excluding hydrogens is 252 g/mol. The van der Waals surface area contributed by atoms with E-state index in [1.165, 1.54) is 0 Å². The van der Waals surface area contributed by atoms with Crippen molar-refractivity contribution in [2.45, 2.75) is 32.4 Å². The van der Waals surface area contributed by atoms with Gasteiger partial charge in [0.15, 0.2) is 0 Å². The molecule has 0 aliphatic carbocycles. The van der Waals surface area contributed by atoms with E-state index in [4.69, 9.17) is 16.7 Å². The van der Waals surface area contributed by atoms with Crippen LogP contribution in [0.2, 0.25) is 5.02 Å². The van der Waals surface area contributed by atoms with Gasteiger partial charge in [-0.15, -0.1) is 0 Å². The van der Waals surface area contributed by atoms with Crippen LogP contribution in [0, 0.1) is 0 Å². The number of fused-ring (bicyclic) bond motifs is 1. The molecule has 0 amide bonds. The molecule has 2 N–H and O–H groups in total. The standard InChI is InChI=1S/C13H17ClN2O2/c1-9(18)8-16-12-7-10(14)4-5-11(12)15-13(16)3-2-6-17/h4-5,7,9,17-18H,2-3,6,8H2,1H3. The number of aryl methyl sites for hydroxylation is 1. The van der Waals surface area contributed by atoms with E-state index >= 15 is 0 Å². The second kappa shape index (κ2) is 5.69. The van der Waals surface area contributed by atoms with Crippen molar-refractivity contribution in [2.75, 3.05) is 6.61 Å². The fraction of sp³-hybridized carbons (Fsp3) is 0.462. The number of aliphatic hydroxyl groups is 2. The van der Waals surface area contributed by atoms with Gasteiger partial charge in [0.05, 0.1) is 23.7 Å². The summed E-state index contributed by atoms with van der Waals surface area (Å²) in [6.45, 7) is 2.36. The third kappa shape index (κ3) is 2.83. The maximum atomic E-state index is 9.57. The van der Waals surface area contributed by atoms with Gasteiger partial charge in [0.25, 0.3) is 0 Å². The molecule has 98 valence electrons. The third-order valence-electron chi connectivity index (χ3n) is 2.79. The lowest BCUT2D eigenvalue weighted by Gasteiger charge is -2.10. The maximum Gasteiger partial charge on any atom is 0.110 e. The van der Waals surface area contributed by atoms with Gasteiger partial charge in [-0.25, -0.2) is 4.98 Å². The molecule has 2 aromatic rings. The number of aliphatic hydroxyl groups excluding tert-OH is 2. The Labute approximate surface area is 111 Å². The van der Waals surface area contributed by atoms with Crippen molar-refractivity contribution in [3.8, 4) is 0 Å². The molecule has 0 fully saturated rings. The zero-order valence-corrected chi connectivity index (χ0v) is 11.1. The maximum absolute atomic E-state index is 9.57. The van der Waals surface area contributed by atoms with Crippen LogP contribution in [0.15, 0.2) is 18.2 Å². The van der Waals surface area contributed by atoms with E-state index in [1.807, 2.05) is 16.7 Å². The molecule has 0 bridgehead atoms. The normalized spacial score (nSPS) is 13.1. The quantitative estimate of drug-likeness (QED) is 0.872. The van der Waals surface area contributed by atoms with E-state index in [2.05, 4.69) is 4.98 Å². The summed E-state index contributed by atoms with van der Waals surface area (Å²) in [7, 11) is 0. The molecule has 0 saturated carbocycles. The zero-order chi connectivity index (χ0) is 13.1. The molecule has 0 radical (unpaired) electrons. The molecule has 2 rings (SSSR count). The summed E-state index contributed by atoms with van der Waals surface area (Å²) in [5.41, 5.74) is 1.80. The fourth-order valence-corrected chi connectivity index (χ4v) is 2.21. The number of hydrogen-bond donors (Lipinski definition) is 2. The van der Waals surface area contributed by atoms with Crippen LogP contribution >= 0.6 is 11.6 Å². The minimum atomic E-state index is -0.450. The Morgan fingerprint density at radius 1 is 1.44 bits per heavy atom. The van der Waals surface area contributed by atoms with Crippen LogP contribution in [0.5, 0.6) is 0 Å². The third-order valence-corrected chi connectivity index (χ3v) is 3.03. The first-order valence-electron chi connectivity index (χ1n) is 6.05. The van der Waals surface area contributed by atoms with Crippen molar-refractivity contribution in [3.05, 3.63) is 29.0 Å².